The van der Waals surface area contributed by atoms with Crippen molar-refractivity contribution in [2.45, 2.75) is 77.2 Å². The third kappa shape index (κ3) is 13.4. The van der Waals surface area contributed by atoms with E-state index in [1.807, 2.05) is 0 Å². The number of imide groups is 1. The molecule has 0 saturated heterocycles. The van der Waals surface area contributed by atoms with Gasteiger partial charge in [-0.3, -0.25) is 19.3 Å². The first-order valence-electron chi connectivity index (χ1n) is 9.82. The number of hydrogen-bond donors (Lipinski definition) is 0. The number of unbranched alkanes of at least 4 members (excludes halogenated alkanes) is 4. The van der Waals surface area contributed by atoms with Crippen LogP contribution in [0.25, 0.3) is 0 Å². The molecule has 0 aromatic heterocycles. The molecule has 158 valence electrons. The van der Waals surface area contributed by atoms with Crippen molar-refractivity contribution in [2.24, 2.45) is 0 Å². The number of carboxylic acids is 1. The summed E-state index contributed by atoms with van der Waals surface area (Å²) >= 11 is 0. The van der Waals surface area contributed by atoms with Gasteiger partial charge in [0.1, 0.15) is 0 Å². The Morgan fingerprint density at radius 2 is 1.45 bits per heavy atom. The first-order chi connectivity index (χ1) is 13.4. The van der Waals surface area contributed by atoms with Crippen LogP contribution < -0.4 is 34.7 Å². The Hall–Kier alpha value is -1.44. The predicted octanol–water partition coefficient (Wildman–Crippen LogP) is -0.700. The van der Waals surface area contributed by atoms with Crippen molar-refractivity contribution in [3.63, 3.8) is 0 Å². The fourth-order valence-corrected chi connectivity index (χ4v) is 2.57. The van der Waals surface area contributed by atoms with Gasteiger partial charge in [-0.2, -0.15) is 0 Å². The normalized spacial score (nSPS) is 10.9. The Bertz CT molecular complexity index is 521. The molecule has 0 aliphatic rings. The Morgan fingerprint density at radius 3 is 1.83 bits per heavy atom. The summed E-state index contributed by atoms with van der Waals surface area (Å²) in [6, 6.07) is -1.66. The molecule has 0 spiro atoms. The Kier molecular flexibility index (Phi) is 19.1. The molecule has 0 bridgehead atoms. The van der Waals surface area contributed by atoms with E-state index in [1.54, 1.807) is 19.1 Å². The van der Waals surface area contributed by atoms with Crippen molar-refractivity contribution in [2.75, 3.05) is 6.61 Å². The Morgan fingerprint density at radius 1 is 0.966 bits per heavy atom. The van der Waals surface area contributed by atoms with Crippen LogP contribution in [-0.4, -0.2) is 41.3 Å². The number of hydrogen-bond acceptors (Lipinski definition) is 6. The number of amides is 2. The minimum absolute atomic E-state index is 0. The van der Waals surface area contributed by atoms with Gasteiger partial charge in [0.05, 0.1) is 25.0 Å². The quantitative estimate of drug-likeness (QED) is 0.142. The van der Waals surface area contributed by atoms with Gasteiger partial charge in [0, 0.05) is 12.8 Å². The first kappa shape index (κ1) is 29.8. The van der Waals surface area contributed by atoms with E-state index in [1.165, 1.54) is 0 Å². The molecule has 0 aliphatic carbocycles. The number of allylic oxidation sites excluding steroid dienone is 2. The molecular formula is C21H32NNaO6. The van der Waals surface area contributed by atoms with Crippen molar-refractivity contribution < 1.29 is 58.6 Å². The van der Waals surface area contributed by atoms with Crippen LogP contribution in [0.2, 0.25) is 0 Å². The zero-order valence-corrected chi connectivity index (χ0v) is 19.8. The van der Waals surface area contributed by atoms with E-state index in [9.17, 15) is 24.3 Å². The number of esters is 1. The minimum atomic E-state index is -1.66. The summed E-state index contributed by atoms with van der Waals surface area (Å²) in [5.74, 6) is -3.65. The smallest absolute Gasteiger partial charge is 0.548 e. The van der Waals surface area contributed by atoms with Gasteiger partial charge in [0.15, 0.2) is 0 Å². The molecule has 1 atom stereocenters. The van der Waals surface area contributed by atoms with Crippen molar-refractivity contribution in [1.29, 1.82) is 0 Å². The summed E-state index contributed by atoms with van der Waals surface area (Å²) < 4.78 is 4.91. The summed E-state index contributed by atoms with van der Waals surface area (Å²) in [6.45, 7) is 9.15. The first-order valence-corrected chi connectivity index (χ1v) is 9.82. The van der Waals surface area contributed by atoms with Crippen molar-refractivity contribution in [3.8, 4) is 0 Å². The number of carboxylic acid groups (broad SMARTS) is 1. The van der Waals surface area contributed by atoms with Gasteiger partial charge in [-0.05, 0) is 44.9 Å². The van der Waals surface area contributed by atoms with E-state index < -0.39 is 36.2 Å². The molecule has 0 aromatic carbocycles. The number of carbonyl (C=O) groups excluding carboxylic acids is 4. The molecule has 0 aromatic rings. The molecular weight excluding hydrogens is 385 g/mol. The van der Waals surface area contributed by atoms with Gasteiger partial charge < -0.3 is 14.6 Å². The zero-order valence-electron chi connectivity index (χ0n) is 17.8. The molecule has 0 heterocycles. The third-order valence-electron chi connectivity index (χ3n) is 4.05. The molecule has 0 radical (unpaired) electrons. The summed E-state index contributed by atoms with van der Waals surface area (Å²) in [6.07, 6.45) is 7.26. The molecule has 0 aliphatic heterocycles. The molecule has 7 nitrogen and oxygen atoms in total. The van der Waals surface area contributed by atoms with E-state index in [0.717, 1.165) is 12.8 Å². The third-order valence-corrected chi connectivity index (χ3v) is 4.05. The maximum absolute atomic E-state index is 12.6. The number of rotatable bonds is 16. The predicted molar refractivity (Wildman–Crippen MR) is 104 cm³/mol. The maximum Gasteiger partial charge on any atom is 1.00 e. The van der Waals surface area contributed by atoms with Crippen LogP contribution in [0.1, 0.15) is 71.1 Å². The van der Waals surface area contributed by atoms with Crippen LogP contribution in [0.5, 0.6) is 0 Å². The van der Waals surface area contributed by atoms with E-state index in [2.05, 4.69) is 13.2 Å². The van der Waals surface area contributed by atoms with Crippen LogP contribution in [0.3, 0.4) is 0 Å². The molecule has 1 unspecified atom stereocenters. The monoisotopic (exact) mass is 417 g/mol. The number of aliphatic carboxylic acids is 1. The molecule has 0 rings (SSSR count). The average molecular weight is 417 g/mol. The second-order valence-corrected chi connectivity index (χ2v) is 6.49. The molecule has 8 heteroatoms. The van der Waals surface area contributed by atoms with Gasteiger partial charge >= 0.3 is 35.5 Å². The summed E-state index contributed by atoms with van der Waals surface area (Å²) in [5, 5.41) is 11.6. The Balaban J connectivity index is 0. The van der Waals surface area contributed by atoms with Gasteiger partial charge in [0.2, 0.25) is 11.8 Å². The molecule has 0 saturated carbocycles. The molecule has 29 heavy (non-hydrogen) atoms. The molecule has 2 amide bonds. The van der Waals surface area contributed by atoms with Crippen LogP contribution >= 0.6 is 0 Å². The zero-order chi connectivity index (χ0) is 21.4. The summed E-state index contributed by atoms with van der Waals surface area (Å²) in [4.78, 5) is 49.4. The maximum atomic E-state index is 12.6. The second-order valence-electron chi connectivity index (χ2n) is 6.49. The van der Waals surface area contributed by atoms with E-state index in [-0.39, 0.29) is 49.0 Å². The van der Waals surface area contributed by atoms with Gasteiger partial charge in [0.25, 0.3) is 0 Å². The number of carbonyl (C=O) groups is 4. The SMILES string of the molecule is C=CCCCCC(=O)N(C(=O)CCCCC=C)C(CC(=O)OCCC)C(=O)[O-].[Na+]. The largest absolute Gasteiger partial charge is 1.00 e. The minimum Gasteiger partial charge on any atom is -0.548 e. The number of nitrogens with zero attached hydrogens (tertiary/aromatic N) is 1. The van der Waals surface area contributed by atoms with E-state index in [4.69, 9.17) is 4.74 Å². The fourth-order valence-electron chi connectivity index (χ4n) is 2.57. The van der Waals surface area contributed by atoms with E-state index in [0.29, 0.717) is 37.0 Å². The second kappa shape index (κ2) is 18.6. The van der Waals surface area contributed by atoms with Gasteiger partial charge in [-0.1, -0.05) is 19.1 Å². The van der Waals surface area contributed by atoms with E-state index >= 15 is 0 Å². The average Bonchev–Trinajstić information content (AvgIpc) is 2.66. The standard InChI is InChI=1S/C21H33NO6.Na/c1-4-7-9-11-13-18(23)22(19(24)14-12-10-8-5-2)17(21(26)27)16-20(25)28-15-6-3;/h4-5,17H,1-2,6-16H2,3H3,(H,26,27);/q;+1/p-1. The van der Waals surface area contributed by atoms with Crippen molar-refractivity contribution in [1.82, 2.24) is 4.90 Å². The van der Waals surface area contributed by atoms with Crippen LogP contribution in [0.4, 0.5) is 0 Å². The van der Waals surface area contributed by atoms with Gasteiger partial charge in [-0.15, -0.1) is 13.2 Å². The van der Waals surface area contributed by atoms with Crippen LogP contribution in [0, 0.1) is 0 Å². The van der Waals surface area contributed by atoms with Gasteiger partial charge in [-0.25, -0.2) is 0 Å². The fraction of sp³-hybridized carbons (Fsp3) is 0.619. The summed E-state index contributed by atoms with van der Waals surface area (Å²) in [7, 11) is 0. The Labute approximate surface area is 195 Å². The molecule has 0 N–H and O–H groups in total. The number of ether oxygens (including phenoxy) is 1. The summed E-state index contributed by atoms with van der Waals surface area (Å²) in [5.41, 5.74) is 0. The van der Waals surface area contributed by atoms with Crippen molar-refractivity contribution >= 4 is 23.8 Å². The van der Waals surface area contributed by atoms with Crippen LogP contribution in [0.15, 0.2) is 25.3 Å². The van der Waals surface area contributed by atoms with Crippen LogP contribution in [-0.2, 0) is 23.9 Å². The van der Waals surface area contributed by atoms with Crippen molar-refractivity contribution in [3.05, 3.63) is 25.3 Å². The topological polar surface area (TPSA) is 104 Å². The molecule has 0 fully saturated rings.